The Morgan fingerprint density at radius 2 is 2.00 bits per heavy atom. The molecule has 0 saturated carbocycles. The summed E-state index contributed by atoms with van der Waals surface area (Å²) in [6.45, 7) is 0. The van der Waals surface area contributed by atoms with Crippen LogP contribution in [0, 0.1) is 5.82 Å². The Labute approximate surface area is 103 Å². The minimum Gasteiger partial charge on any atom is -0.450 e. The van der Waals surface area contributed by atoms with Crippen LogP contribution in [-0.4, -0.2) is 12.2 Å². The predicted molar refractivity (Wildman–Crippen MR) is 66.0 cm³/mol. The van der Waals surface area contributed by atoms with E-state index in [0.717, 1.165) is 0 Å². The van der Waals surface area contributed by atoms with E-state index in [1.165, 1.54) is 12.3 Å². The van der Waals surface area contributed by atoms with Gasteiger partial charge in [-0.3, -0.25) is 0 Å². The average Bonchev–Trinajstić information content (AvgIpc) is 2.78. The second-order valence-corrected chi connectivity index (χ2v) is 3.49. The summed E-state index contributed by atoms with van der Waals surface area (Å²) in [5.41, 5.74) is 10.7. The van der Waals surface area contributed by atoms with Gasteiger partial charge in [0.1, 0.15) is 11.6 Å². The highest BCUT2D eigenvalue weighted by molar-refractivity contribution is 5.76. The first-order valence-corrected chi connectivity index (χ1v) is 5.19. The maximum Gasteiger partial charge on any atom is 0.256 e. The zero-order valence-corrected chi connectivity index (χ0v) is 9.43. The number of nitrogens with two attached hydrogens (primary N) is 2. The molecule has 2 aromatic rings. The van der Waals surface area contributed by atoms with Crippen LogP contribution in [0.25, 0.3) is 11.3 Å². The van der Waals surface area contributed by atoms with Crippen molar-refractivity contribution >= 4 is 12.2 Å². The molecule has 1 aromatic heterocycles. The number of hydrogen-bond acceptors (Lipinski definition) is 2. The molecule has 0 unspecified atom stereocenters. The maximum atomic E-state index is 13.5. The summed E-state index contributed by atoms with van der Waals surface area (Å²) in [5.74, 6) is 0.492. The van der Waals surface area contributed by atoms with E-state index in [9.17, 15) is 4.39 Å². The zero-order valence-electron chi connectivity index (χ0n) is 9.43. The molecule has 6 heteroatoms. The highest BCUT2D eigenvalue weighted by Gasteiger charge is 2.08. The fourth-order valence-electron chi connectivity index (χ4n) is 1.41. The van der Waals surface area contributed by atoms with E-state index in [-0.39, 0.29) is 11.8 Å². The molecule has 0 spiro atoms. The molecule has 0 fully saturated rings. The van der Waals surface area contributed by atoms with Crippen LogP contribution in [0.4, 0.5) is 4.39 Å². The predicted octanol–water partition coefficient (Wildman–Crippen LogP) is -0.226. The lowest BCUT2D eigenvalue weighted by molar-refractivity contribution is -0.457. The van der Waals surface area contributed by atoms with Crippen molar-refractivity contribution in [1.82, 2.24) is 0 Å². The van der Waals surface area contributed by atoms with Gasteiger partial charge in [-0.25, -0.2) is 4.39 Å². The van der Waals surface area contributed by atoms with E-state index >= 15 is 0 Å². The highest BCUT2D eigenvalue weighted by Crippen LogP contribution is 2.23. The Hall–Kier alpha value is -2.63. The summed E-state index contributed by atoms with van der Waals surface area (Å²) in [6.07, 6.45) is 1.46. The number of rotatable bonds is 3. The Balaban J connectivity index is 2.24. The second-order valence-electron chi connectivity index (χ2n) is 3.49. The molecule has 0 saturated heterocycles. The van der Waals surface area contributed by atoms with Crippen LogP contribution in [-0.2, 0) is 0 Å². The summed E-state index contributed by atoms with van der Waals surface area (Å²) in [4.78, 5) is 0. The Bertz CT molecular complexity index is 600. The fraction of sp³-hybridized carbons (Fsp3) is 0. The first-order chi connectivity index (χ1) is 8.66. The fourth-order valence-corrected chi connectivity index (χ4v) is 1.41. The van der Waals surface area contributed by atoms with E-state index in [0.29, 0.717) is 17.1 Å². The lowest BCUT2D eigenvalue weighted by Gasteiger charge is -1.97. The van der Waals surface area contributed by atoms with Crippen LogP contribution < -0.4 is 16.6 Å². The summed E-state index contributed by atoms with van der Waals surface area (Å²) < 4.78 is 18.9. The molecule has 0 radical (unpaired) electrons. The van der Waals surface area contributed by atoms with Crippen molar-refractivity contribution in [3.05, 3.63) is 48.0 Å². The number of hydrazone groups is 1. The SMILES string of the molecule is NC(N)=N/[NH+]=C\c1ccc(-c2ccccc2F)o1. The number of halogens is 1. The van der Waals surface area contributed by atoms with Gasteiger partial charge in [0.05, 0.1) is 5.56 Å². The van der Waals surface area contributed by atoms with Crippen molar-refractivity contribution in [3.8, 4) is 11.3 Å². The average molecular weight is 247 g/mol. The molecule has 0 bridgehead atoms. The van der Waals surface area contributed by atoms with Crippen molar-refractivity contribution < 1.29 is 13.9 Å². The summed E-state index contributed by atoms with van der Waals surface area (Å²) >= 11 is 0. The zero-order chi connectivity index (χ0) is 13.0. The number of hydrogen-bond donors (Lipinski definition) is 3. The van der Waals surface area contributed by atoms with Crippen molar-refractivity contribution in [2.45, 2.75) is 0 Å². The third-order valence-corrected chi connectivity index (χ3v) is 2.17. The number of guanidine groups is 1. The molecule has 5 nitrogen and oxygen atoms in total. The van der Waals surface area contributed by atoms with E-state index in [1.54, 1.807) is 30.3 Å². The van der Waals surface area contributed by atoms with Gasteiger partial charge in [0.2, 0.25) is 6.21 Å². The number of furan rings is 1. The smallest absolute Gasteiger partial charge is 0.256 e. The monoisotopic (exact) mass is 247 g/mol. The van der Waals surface area contributed by atoms with Gasteiger partial charge in [-0.15, -0.1) is 0 Å². The standard InChI is InChI=1S/C12H11FN4O/c13-10-4-2-1-3-9(10)11-6-5-8(18-11)7-16-17-12(14)15/h1-7H,(H4,14,15,17)/p+1/b16-7-. The first kappa shape index (κ1) is 11.8. The Morgan fingerprint density at radius 3 is 2.72 bits per heavy atom. The Kier molecular flexibility index (Phi) is 3.38. The molecule has 0 aliphatic heterocycles. The van der Waals surface area contributed by atoms with Gasteiger partial charge in [0.25, 0.3) is 5.96 Å². The van der Waals surface area contributed by atoms with Crippen LogP contribution in [0.5, 0.6) is 0 Å². The molecule has 2 rings (SSSR count). The molecular formula is C12H12FN4O+. The molecule has 18 heavy (non-hydrogen) atoms. The van der Waals surface area contributed by atoms with Crippen molar-refractivity contribution in [1.29, 1.82) is 0 Å². The molecule has 0 amide bonds. The van der Waals surface area contributed by atoms with Gasteiger partial charge in [-0.1, -0.05) is 17.2 Å². The Morgan fingerprint density at radius 1 is 1.22 bits per heavy atom. The van der Waals surface area contributed by atoms with Crippen LogP contribution >= 0.6 is 0 Å². The normalized spacial score (nSPS) is 10.7. The highest BCUT2D eigenvalue weighted by atomic mass is 19.1. The minimum absolute atomic E-state index is 0.0906. The minimum atomic E-state index is -0.337. The van der Waals surface area contributed by atoms with E-state index in [2.05, 4.69) is 10.2 Å². The van der Waals surface area contributed by atoms with E-state index in [1.807, 2.05) is 0 Å². The lowest BCUT2D eigenvalue weighted by Crippen LogP contribution is -2.63. The molecule has 0 aliphatic rings. The summed E-state index contributed by atoms with van der Waals surface area (Å²) in [7, 11) is 0. The van der Waals surface area contributed by atoms with Crippen LogP contribution in [0.3, 0.4) is 0 Å². The second kappa shape index (κ2) is 5.13. The van der Waals surface area contributed by atoms with Gasteiger partial charge in [0, 0.05) is 5.10 Å². The van der Waals surface area contributed by atoms with E-state index in [4.69, 9.17) is 15.9 Å². The number of nitrogens with zero attached hydrogens (tertiary/aromatic N) is 1. The van der Waals surface area contributed by atoms with Crippen LogP contribution in [0.1, 0.15) is 5.76 Å². The van der Waals surface area contributed by atoms with Gasteiger partial charge in [-0.2, -0.15) is 0 Å². The van der Waals surface area contributed by atoms with Crippen molar-refractivity contribution in [2.24, 2.45) is 16.6 Å². The number of benzene rings is 1. The third-order valence-electron chi connectivity index (χ3n) is 2.17. The van der Waals surface area contributed by atoms with Crippen molar-refractivity contribution in [2.75, 3.05) is 0 Å². The summed E-state index contributed by atoms with van der Waals surface area (Å²) in [6, 6.07) is 9.72. The molecule has 5 N–H and O–H groups in total. The number of nitrogens with one attached hydrogen (secondary N) is 1. The van der Waals surface area contributed by atoms with Gasteiger partial charge < -0.3 is 15.9 Å². The summed E-state index contributed by atoms with van der Waals surface area (Å²) in [5, 5.41) is 6.06. The van der Waals surface area contributed by atoms with Gasteiger partial charge >= 0.3 is 0 Å². The molecule has 0 atom stereocenters. The van der Waals surface area contributed by atoms with Crippen molar-refractivity contribution in [3.63, 3.8) is 0 Å². The van der Waals surface area contributed by atoms with Gasteiger partial charge in [0.15, 0.2) is 5.76 Å². The van der Waals surface area contributed by atoms with E-state index < -0.39 is 0 Å². The maximum absolute atomic E-state index is 13.5. The first-order valence-electron chi connectivity index (χ1n) is 5.19. The van der Waals surface area contributed by atoms with Gasteiger partial charge in [-0.05, 0) is 24.3 Å². The topological polar surface area (TPSA) is 91.5 Å². The van der Waals surface area contributed by atoms with Crippen LogP contribution in [0.15, 0.2) is 45.9 Å². The molecule has 1 aromatic carbocycles. The molecule has 1 heterocycles. The molecule has 0 aliphatic carbocycles. The molecule has 92 valence electrons. The van der Waals surface area contributed by atoms with Crippen LogP contribution in [0.2, 0.25) is 0 Å². The quantitative estimate of drug-likeness (QED) is 0.397. The largest absolute Gasteiger partial charge is 0.450 e. The lowest BCUT2D eigenvalue weighted by atomic mass is 10.1. The molecular weight excluding hydrogens is 235 g/mol. The third kappa shape index (κ3) is 2.73.